The van der Waals surface area contributed by atoms with Gasteiger partial charge >= 0.3 is 0 Å². The molecular weight excluding hydrogens is 452 g/mol. The highest BCUT2D eigenvalue weighted by molar-refractivity contribution is 9.10. The number of nitrogens with zero attached hydrogens (tertiary/aromatic N) is 3. The van der Waals surface area contributed by atoms with Gasteiger partial charge in [-0.2, -0.15) is 0 Å². The Morgan fingerprint density at radius 3 is 2.45 bits per heavy atom. The lowest BCUT2D eigenvalue weighted by molar-refractivity contribution is 0.101. The first-order valence-electron chi connectivity index (χ1n) is 8.86. The fourth-order valence-corrected chi connectivity index (χ4v) is 3.27. The molecule has 29 heavy (non-hydrogen) atoms. The van der Waals surface area contributed by atoms with Crippen LogP contribution >= 0.6 is 27.5 Å². The predicted molar refractivity (Wildman–Crippen MR) is 119 cm³/mol. The second-order valence-corrected chi connectivity index (χ2v) is 7.83. The number of amides is 1. The van der Waals surface area contributed by atoms with E-state index in [1.807, 2.05) is 55.5 Å². The lowest BCUT2D eigenvalue weighted by Gasteiger charge is -2.06. The SMILES string of the molecule is Cc1ccc(-c2nc(C(=O)Nc3cccc(Cl)c3)nn2-c2ccc(Br)cc2)cc1. The van der Waals surface area contributed by atoms with E-state index in [1.165, 1.54) is 0 Å². The zero-order chi connectivity index (χ0) is 20.4. The molecule has 0 spiro atoms. The van der Waals surface area contributed by atoms with Gasteiger partial charge in [-0.05, 0) is 49.4 Å². The van der Waals surface area contributed by atoms with Crippen LogP contribution in [0.1, 0.15) is 16.2 Å². The predicted octanol–water partition coefficient (Wildman–Crippen LogP) is 5.91. The van der Waals surface area contributed by atoms with Crippen LogP contribution in [0.5, 0.6) is 0 Å². The zero-order valence-electron chi connectivity index (χ0n) is 15.4. The third kappa shape index (κ3) is 4.39. The Bertz CT molecular complexity index is 1110. The molecule has 0 atom stereocenters. The van der Waals surface area contributed by atoms with Crippen molar-refractivity contribution >= 4 is 39.1 Å². The molecule has 3 aromatic carbocycles. The molecule has 1 amide bonds. The van der Waals surface area contributed by atoms with E-state index in [9.17, 15) is 4.79 Å². The first-order valence-corrected chi connectivity index (χ1v) is 10.0. The third-order valence-corrected chi connectivity index (χ3v) is 5.04. The van der Waals surface area contributed by atoms with E-state index in [1.54, 1.807) is 28.9 Å². The summed E-state index contributed by atoms with van der Waals surface area (Å²) in [6.45, 7) is 2.02. The monoisotopic (exact) mass is 466 g/mol. The van der Waals surface area contributed by atoms with Gasteiger partial charge < -0.3 is 5.32 Å². The van der Waals surface area contributed by atoms with Crippen LogP contribution in [0.4, 0.5) is 5.69 Å². The summed E-state index contributed by atoms with van der Waals surface area (Å²) in [5.41, 5.74) is 3.40. The maximum absolute atomic E-state index is 12.8. The summed E-state index contributed by atoms with van der Waals surface area (Å²) < 4.78 is 2.63. The van der Waals surface area contributed by atoms with E-state index in [-0.39, 0.29) is 5.82 Å². The molecule has 0 fully saturated rings. The Balaban J connectivity index is 1.75. The van der Waals surface area contributed by atoms with Crippen molar-refractivity contribution in [1.29, 1.82) is 0 Å². The van der Waals surface area contributed by atoms with Crippen LogP contribution in [-0.4, -0.2) is 20.7 Å². The van der Waals surface area contributed by atoms with Crippen LogP contribution in [-0.2, 0) is 0 Å². The summed E-state index contributed by atoms with van der Waals surface area (Å²) >= 11 is 9.44. The molecule has 144 valence electrons. The molecule has 0 saturated carbocycles. The summed E-state index contributed by atoms with van der Waals surface area (Å²) in [5, 5.41) is 7.80. The molecule has 4 aromatic rings. The quantitative estimate of drug-likeness (QED) is 0.406. The van der Waals surface area contributed by atoms with Crippen LogP contribution in [0.2, 0.25) is 5.02 Å². The molecule has 0 saturated heterocycles. The summed E-state index contributed by atoms with van der Waals surface area (Å²) in [6, 6.07) is 22.5. The van der Waals surface area contributed by atoms with Crippen molar-refractivity contribution in [1.82, 2.24) is 14.8 Å². The van der Waals surface area contributed by atoms with Gasteiger partial charge in [0.05, 0.1) is 5.69 Å². The lowest BCUT2D eigenvalue weighted by atomic mass is 10.1. The Kier molecular flexibility index (Phi) is 5.47. The fraction of sp³-hybridized carbons (Fsp3) is 0.0455. The van der Waals surface area contributed by atoms with Crippen molar-refractivity contribution in [2.75, 3.05) is 5.32 Å². The Morgan fingerprint density at radius 2 is 1.76 bits per heavy atom. The van der Waals surface area contributed by atoms with Crippen molar-refractivity contribution in [3.05, 3.63) is 93.7 Å². The molecule has 1 heterocycles. The van der Waals surface area contributed by atoms with Gasteiger partial charge in [-0.25, -0.2) is 9.67 Å². The van der Waals surface area contributed by atoms with Gasteiger partial charge in [0, 0.05) is 20.7 Å². The highest BCUT2D eigenvalue weighted by Gasteiger charge is 2.19. The molecule has 1 aromatic heterocycles. The van der Waals surface area contributed by atoms with Crippen LogP contribution in [0.15, 0.2) is 77.3 Å². The van der Waals surface area contributed by atoms with Gasteiger partial charge in [-0.3, -0.25) is 4.79 Å². The summed E-state index contributed by atoms with van der Waals surface area (Å²) in [7, 11) is 0. The van der Waals surface area contributed by atoms with E-state index in [0.717, 1.165) is 21.3 Å². The highest BCUT2D eigenvalue weighted by Crippen LogP contribution is 2.23. The number of anilines is 1. The first-order chi connectivity index (χ1) is 14.0. The molecule has 0 aliphatic rings. The molecular formula is C22H16BrClN4O. The zero-order valence-corrected chi connectivity index (χ0v) is 17.8. The highest BCUT2D eigenvalue weighted by atomic mass is 79.9. The van der Waals surface area contributed by atoms with Gasteiger partial charge in [0.1, 0.15) is 0 Å². The molecule has 5 nitrogen and oxygen atoms in total. The molecule has 0 aliphatic carbocycles. The largest absolute Gasteiger partial charge is 0.319 e. The Morgan fingerprint density at radius 1 is 1.03 bits per heavy atom. The number of benzene rings is 3. The van der Waals surface area contributed by atoms with Crippen molar-refractivity contribution in [3.63, 3.8) is 0 Å². The van der Waals surface area contributed by atoms with Gasteiger partial charge in [-0.1, -0.05) is 63.4 Å². The Hall–Kier alpha value is -2.96. The topological polar surface area (TPSA) is 59.8 Å². The number of hydrogen-bond acceptors (Lipinski definition) is 3. The van der Waals surface area contributed by atoms with Gasteiger partial charge in [0.15, 0.2) is 5.82 Å². The maximum Gasteiger partial charge on any atom is 0.295 e. The first kappa shape index (κ1) is 19.4. The van der Waals surface area contributed by atoms with E-state index in [2.05, 4.69) is 31.3 Å². The van der Waals surface area contributed by atoms with Gasteiger partial charge in [0.25, 0.3) is 5.91 Å². The molecule has 4 rings (SSSR count). The summed E-state index contributed by atoms with van der Waals surface area (Å²) in [4.78, 5) is 17.3. The van der Waals surface area contributed by atoms with E-state index in [0.29, 0.717) is 16.5 Å². The number of aromatic nitrogens is 3. The molecule has 0 bridgehead atoms. The number of hydrogen-bond donors (Lipinski definition) is 1. The van der Waals surface area contributed by atoms with E-state index < -0.39 is 5.91 Å². The lowest BCUT2D eigenvalue weighted by Crippen LogP contribution is -2.14. The second-order valence-electron chi connectivity index (χ2n) is 6.48. The van der Waals surface area contributed by atoms with Crippen LogP contribution < -0.4 is 5.32 Å². The average molecular weight is 468 g/mol. The second kappa shape index (κ2) is 8.19. The number of halogens is 2. The molecule has 7 heteroatoms. The Labute approximate surface area is 181 Å². The van der Waals surface area contributed by atoms with Crippen LogP contribution in [0.3, 0.4) is 0 Å². The van der Waals surface area contributed by atoms with Gasteiger partial charge in [0.2, 0.25) is 5.82 Å². The van der Waals surface area contributed by atoms with Crippen molar-refractivity contribution < 1.29 is 4.79 Å². The number of aryl methyl sites for hydroxylation is 1. The van der Waals surface area contributed by atoms with E-state index in [4.69, 9.17) is 11.6 Å². The minimum Gasteiger partial charge on any atom is -0.319 e. The average Bonchev–Trinajstić information content (AvgIpc) is 3.15. The molecule has 0 radical (unpaired) electrons. The molecule has 0 aliphatic heterocycles. The van der Waals surface area contributed by atoms with Crippen molar-refractivity contribution in [3.8, 4) is 17.1 Å². The normalized spacial score (nSPS) is 10.7. The number of rotatable bonds is 4. The van der Waals surface area contributed by atoms with E-state index >= 15 is 0 Å². The summed E-state index contributed by atoms with van der Waals surface area (Å²) in [6.07, 6.45) is 0. The summed E-state index contributed by atoms with van der Waals surface area (Å²) in [5.74, 6) is 0.253. The van der Waals surface area contributed by atoms with Crippen LogP contribution in [0.25, 0.3) is 17.1 Å². The number of carbonyl (C=O) groups is 1. The smallest absolute Gasteiger partial charge is 0.295 e. The molecule has 0 unspecified atom stereocenters. The minimum absolute atomic E-state index is 0.0727. The third-order valence-electron chi connectivity index (χ3n) is 4.27. The minimum atomic E-state index is -0.406. The molecule has 1 N–H and O–H groups in total. The maximum atomic E-state index is 12.8. The van der Waals surface area contributed by atoms with Crippen molar-refractivity contribution in [2.45, 2.75) is 6.92 Å². The number of nitrogens with one attached hydrogen (secondary N) is 1. The van der Waals surface area contributed by atoms with Crippen LogP contribution in [0, 0.1) is 6.92 Å². The van der Waals surface area contributed by atoms with Gasteiger partial charge in [-0.15, -0.1) is 5.10 Å². The van der Waals surface area contributed by atoms with Crippen molar-refractivity contribution in [2.24, 2.45) is 0 Å². The fourth-order valence-electron chi connectivity index (χ4n) is 2.81. The standard InChI is InChI=1S/C22H16BrClN4O/c1-14-5-7-15(8-6-14)21-26-20(22(29)25-18-4-2-3-17(24)13-18)27-28(21)19-11-9-16(23)10-12-19/h2-13H,1H3,(H,25,29). The number of carbonyl (C=O) groups excluding carboxylic acids is 1.